The Morgan fingerprint density at radius 1 is 0.895 bits per heavy atom. The van der Waals surface area contributed by atoms with Crippen molar-refractivity contribution in [1.82, 2.24) is 0 Å². The van der Waals surface area contributed by atoms with Gasteiger partial charge in [0.1, 0.15) is 0 Å². The largest absolute Gasteiger partial charge is 0.493 e. The Morgan fingerprint density at radius 3 is 2.21 bits per heavy atom. The summed E-state index contributed by atoms with van der Waals surface area (Å²) in [4.78, 5) is 0. The van der Waals surface area contributed by atoms with Crippen molar-refractivity contribution >= 4 is 5.69 Å². The van der Waals surface area contributed by atoms with Crippen molar-refractivity contribution in [3.8, 4) is 11.5 Å². The minimum absolute atomic E-state index is 0.196. The van der Waals surface area contributed by atoms with Crippen LogP contribution in [0.25, 0.3) is 0 Å². The molecule has 0 fully saturated rings. The van der Waals surface area contributed by atoms with E-state index in [-0.39, 0.29) is 6.04 Å². The van der Waals surface area contributed by atoms with E-state index in [1.54, 1.807) is 14.2 Å². The minimum atomic E-state index is 0.196. The van der Waals surface area contributed by atoms with Crippen LogP contribution >= 0.6 is 0 Å². The normalized spacial score (nSPS) is 11.7. The molecule has 0 aliphatic rings. The summed E-state index contributed by atoms with van der Waals surface area (Å²) in [5.74, 6) is 1.50. The molecule has 0 radical (unpaired) electrons. The third-order valence-electron chi connectivity index (χ3n) is 3.06. The summed E-state index contributed by atoms with van der Waals surface area (Å²) in [7, 11) is 3.29. The van der Waals surface area contributed by atoms with Crippen LogP contribution in [-0.4, -0.2) is 14.2 Å². The Bertz CT molecular complexity index is 526. The zero-order chi connectivity index (χ0) is 13.7. The first-order chi connectivity index (χ1) is 9.24. The third kappa shape index (κ3) is 3.19. The molecule has 1 atom stereocenters. The molecule has 2 aromatic carbocycles. The first-order valence-corrected chi connectivity index (χ1v) is 6.28. The van der Waals surface area contributed by atoms with E-state index in [0.717, 1.165) is 22.7 Å². The SMILES string of the molecule is COc1ccc(C(C)Nc2ccccc2)cc1OC. The highest BCUT2D eigenvalue weighted by Crippen LogP contribution is 2.30. The Morgan fingerprint density at radius 2 is 1.58 bits per heavy atom. The van der Waals surface area contributed by atoms with E-state index < -0.39 is 0 Å². The number of methoxy groups -OCH3 is 2. The summed E-state index contributed by atoms with van der Waals surface area (Å²) in [6, 6.07) is 16.3. The lowest BCUT2D eigenvalue weighted by molar-refractivity contribution is 0.354. The highest BCUT2D eigenvalue weighted by molar-refractivity contribution is 5.48. The lowest BCUT2D eigenvalue weighted by Crippen LogP contribution is -2.06. The maximum absolute atomic E-state index is 5.32. The van der Waals surface area contributed by atoms with Gasteiger partial charge in [0.05, 0.1) is 14.2 Å². The van der Waals surface area contributed by atoms with Crippen LogP contribution in [0, 0.1) is 0 Å². The van der Waals surface area contributed by atoms with Crippen LogP contribution in [0.1, 0.15) is 18.5 Å². The van der Waals surface area contributed by atoms with Crippen LogP contribution < -0.4 is 14.8 Å². The van der Waals surface area contributed by atoms with Crippen LogP contribution in [0.2, 0.25) is 0 Å². The van der Waals surface area contributed by atoms with E-state index in [1.165, 1.54) is 0 Å². The van der Waals surface area contributed by atoms with Gasteiger partial charge in [0.25, 0.3) is 0 Å². The molecule has 0 saturated heterocycles. The second-order valence-electron chi connectivity index (χ2n) is 4.35. The second kappa shape index (κ2) is 6.14. The van der Waals surface area contributed by atoms with E-state index in [2.05, 4.69) is 24.4 Å². The maximum atomic E-state index is 5.32. The number of nitrogens with one attached hydrogen (secondary N) is 1. The molecular formula is C16H19NO2. The van der Waals surface area contributed by atoms with Crippen molar-refractivity contribution in [2.75, 3.05) is 19.5 Å². The number of hydrogen-bond donors (Lipinski definition) is 1. The standard InChI is InChI=1S/C16H19NO2/c1-12(17-14-7-5-4-6-8-14)13-9-10-15(18-2)16(11-13)19-3/h4-12,17H,1-3H3. The Kier molecular flexibility index (Phi) is 4.29. The fourth-order valence-electron chi connectivity index (χ4n) is 1.99. The van der Waals surface area contributed by atoms with Gasteiger partial charge in [-0.25, -0.2) is 0 Å². The van der Waals surface area contributed by atoms with Crippen molar-refractivity contribution in [3.63, 3.8) is 0 Å². The molecule has 1 unspecified atom stereocenters. The molecular weight excluding hydrogens is 238 g/mol. The van der Waals surface area contributed by atoms with Gasteiger partial charge >= 0.3 is 0 Å². The van der Waals surface area contributed by atoms with Crippen LogP contribution in [0.4, 0.5) is 5.69 Å². The van der Waals surface area contributed by atoms with E-state index in [9.17, 15) is 0 Å². The van der Waals surface area contributed by atoms with Crippen LogP contribution in [0.15, 0.2) is 48.5 Å². The predicted molar refractivity (Wildman–Crippen MR) is 78.0 cm³/mol. The summed E-state index contributed by atoms with van der Waals surface area (Å²) in [6.45, 7) is 2.12. The second-order valence-corrected chi connectivity index (χ2v) is 4.35. The lowest BCUT2D eigenvalue weighted by atomic mass is 10.1. The smallest absolute Gasteiger partial charge is 0.161 e. The number of anilines is 1. The van der Waals surface area contributed by atoms with E-state index in [0.29, 0.717) is 0 Å². The van der Waals surface area contributed by atoms with Crippen molar-refractivity contribution in [1.29, 1.82) is 0 Å². The van der Waals surface area contributed by atoms with Gasteiger partial charge in [-0.3, -0.25) is 0 Å². The minimum Gasteiger partial charge on any atom is -0.493 e. The van der Waals surface area contributed by atoms with Crippen LogP contribution in [0.5, 0.6) is 11.5 Å². The van der Waals surface area contributed by atoms with E-state index in [4.69, 9.17) is 9.47 Å². The summed E-state index contributed by atoms with van der Waals surface area (Å²) in [5, 5.41) is 3.45. The third-order valence-corrected chi connectivity index (χ3v) is 3.06. The number of benzene rings is 2. The first kappa shape index (κ1) is 13.3. The van der Waals surface area contributed by atoms with Gasteiger partial charge < -0.3 is 14.8 Å². The van der Waals surface area contributed by atoms with Gasteiger partial charge in [0.15, 0.2) is 11.5 Å². The summed E-state index contributed by atoms with van der Waals surface area (Å²) >= 11 is 0. The van der Waals surface area contributed by atoms with Gasteiger partial charge in [0, 0.05) is 11.7 Å². The van der Waals surface area contributed by atoms with E-state index >= 15 is 0 Å². The molecule has 3 nitrogen and oxygen atoms in total. The predicted octanol–water partition coefficient (Wildman–Crippen LogP) is 3.88. The summed E-state index contributed by atoms with van der Waals surface area (Å²) in [6.07, 6.45) is 0. The number of para-hydroxylation sites is 1. The zero-order valence-electron chi connectivity index (χ0n) is 11.5. The maximum Gasteiger partial charge on any atom is 0.161 e. The molecule has 3 heteroatoms. The molecule has 100 valence electrons. The van der Waals surface area contributed by atoms with Gasteiger partial charge in [-0.2, -0.15) is 0 Å². The Labute approximate surface area is 114 Å². The number of ether oxygens (including phenoxy) is 2. The summed E-state index contributed by atoms with van der Waals surface area (Å²) in [5.41, 5.74) is 2.26. The quantitative estimate of drug-likeness (QED) is 0.881. The fraction of sp³-hybridized carbons (Fsp3) is 0.250. The fourth-order valence-corrected chi connectivity index (χ4v) is 1.99. The molecule has 0 saturated carbocycles. The van der Waals surface area contributed by atoms with Crippen LogP contribution in [-0.2, 0) is 0 Å². The molecule has 1 N–H and O–H groups in total. The molecule has 2 rings (SSSR count). The highest BCUT2D eigenvalue weighted by Gasteiger charge is 2.09. The molecule has 0 aromatic heterocycles. The average molecular weight is 257 g/mol. The molecule has 0 heterocycles. The van der Waals surface area contributed by atoms with Crippen molar-refractivity contribution < 1.29 is 9.47 Å². The number of rotatable bonds is 5. The average Bonchev–Trinajstić information content (AvgIpc) is 2.47. The molecule has 0 amide bonds. The Hall–Kier alpha value is -2.16. The zero-order valence-corrected chi connectivity index (χ0v) is 11.5. The molecule has 0 aliphatic carbocycles. The van der Waals surface area contributed by atoms with Crippen molar-refractivity contribution in [3.05, 3.63) is 54.1 Å². The molecule has 0 aliphatic heterocycles. The summed E-state index contributed by atoms with van der Waals surface area (Å²) < 4.78 is 10.6. The topological polar surface area (TPSA) is 30.5 Å². The molecule has 0 spiro atoms. The van der Waals surface area contributed by atoms with Crippen molar-refractivity contribution in [2.24, 2.45) is 0 Å². The lowest BCUT2D eigenvalue weighted by Gasteiger charge is -2.17. The molecule has 19 heavy (non-hydrogen) atoms. The monoisotopic (exact) mass is 257 g/mol. The van der Waals surface area contributed by atoms with Crippen molar-refractivity contribution in [2.45, 2.75) is 13.0 Å². The van der Waals surface area contributed by atoms with Gasteiger partial charge in [-0.1, -0.05) is 24.3 Å². The van der Waals surface area contributed by atoms with E-state index in [1.807, 2.05) is 36.4 Å². The van der Waals surface area contributed by atoms with Gasteiger partial charge in [-0.05, 0) is 36.8 Å². The number of hydrogen-bond acceptors (Lipinski definition) is 3. The Balaban J connectivity index is 2.17. The van der Waals surface area contributed by atoms with Gasteiger partial charge in [0.2, 0.25) is 0 Å². The molecule has 0 bridgehead atoms. The highest BCUT2D eigenvalue weighted by atomic mass is 16.5. The van der Waals surface area contributed by atoms with Gasteiger partial charge in [-0.15, -0.1) is 0 Å². The molecule has 2 aromatic rings. The first-order valence-electron chi connectivity index (χ1n) is 6.28. The van der Waals surface area contributed by atoms with Crippen LogP contribution in [0.3, 0.4) is 0 Å².